The normalized spacial score (nSPS) is 25.2. The Morgan fingerprint density at radius 1 is 0.935 bits per heavy atom. The van der Waals surface area contributed by atoms with Crippen molar-refractivity contribution in [1.82, 2.24) is 30.2 Å². The maximum atomic E-state index is 16.5. The van der Waals surface area contributed by atoms with Crippen molar-refractivity contribution in [3.8, 4) is 22.6 Å². The third-order valence-corrected chi connectivity index (χ3v) is 17.2. The Hall–Kier alpha value is -6.32. The van der Waals surface area contributed by atoms with Gasteiger partial charge in [0.25, 0.3) is 5.91 Å². The molecular weight excluding hydrogens is 1020 g/mol. The van der Waals surface area contributed by atoms with Crippen molar-refractivity contribution >= 4 is 52.1 Å². The molecule has 5 aromatic rings. The van der Waals surface area contributed by atoms with E-state index in [9.17, 15) is 29.4 Å². The number of urea groups is 1. The molecule has 410 valence electrons. The third kappa shape index (κ3) is 9.89. The second-order valence-corrected chi connectivity index (χ2v) is 21.9. The Morgan fingerprint density at radius 2 is 1.66 bits per heavy atom. The number of nitrogens with one attached hydrogen (secondary N) is 2. The van der Waals surface area contributed by atoms with Crippen LogP contribution in [0.4, 0.5) is 28.2 Å². The summed E-state index contributed by atoms with van der Waals surface area (Å²) in [6.07, 6.45) is 3.41. The molecular formula is C56H63ClF4N8O8. The van der Waals surface area contributed by atoms with E-state index in [0.717, 1.165) is 31.0 Å². The number of aryl methyl sites for hydroxylation is 1. The summed E-state index contributed by atoms with van der Waals surface area (Å²) < 4.78 is 78.4. The molecule has 0 radical (unpaired) electrons. The summed E-state index contributed by atoms with van der Waals surface area (Å²) in [5, 5.41) is 31.2. The number of halogens is 5. The monoisotopic (exact) mass is 1090 g/mol. The predicted molar refractivity (Wildman–Crippen MR) is 279 cm³/mol. The topological polar surface area (TPSA) is 205 Å². The fourth-order valence-electron chi connectivity index (χ4n) is 12.8. The average Bonchev–Trinajstić information content (AvgIpc) is 3.88. The highest BCUT2D eigenvalue weighted by Crippen LogP contribution is 2.57. The number of nitrogens with two attached hydrogens (primary N) is 1. The quantitative estimate of drug-likeness (QED) is 0.0694. The molecule has 16 nitrogen and oxygen atoms in total. The van der Waals surface area contributed by atoms with Gasteiger partial charge in [-0.2, -0.15) is 5.10 Å². The predicted octanol–water partition coefficient (Wildman–Crippen LogP) is 7.39. The van der Waals surface area contributed by atoms with Gasteiger partial charge in [-0.25, -0.2) is 22.4 Å². The molecule has 77 heavy (non-hydrogen) atoms. The van der Waals surface area contributed by atoms with Crippen LogP contribution in [0.25, 0.3) is 22.0 Å². The van der Waals surface area contributed by atoms with E-state index in [0.29, 0.717) is 51.0 Å². The van der Waals surface area contributed by atoms with Gasteiger partial charge in [0.15, 0.2) is 28.8 Å². The number of carbonyl (C=O) groups excluding carboxylic acids is 4. The maximum Gasteiger partial charge on any atom is 0.329 e. The van der Waals surface area contributed by atoms with E-state index in [1.165, 1.54) is 27.8 Å². The van der Waals surface area contributed by atoms with Gasteiger partial charge in [0, 0.05) is 93.0 Å². The van der Waals surface area contributed by atoms with Gasteiger partial charge in [0.1, 0.15) is 35.1 Å². The standard InChI is InChI=1S/C56H63ClF4N8O8/c1-30-27-67(19-15-35(30)44-38(58)25-37-50(49(44)61)66(3)65-52(37)69-22-16-42(71)64-54(69)74)28-32-13-20-68(21-14-32)53(73)55(75)17-11-34(12-18-55)63-29-56(33-7-5-4-6-8-33)31(2)43-41(77-56)26-39(59)47(57)46(43)45-36(51(62)72)9-10-40(48(45)60)76-24-23-70/h4-10,25-26,30-32,34-35,63,70,75H,11-24,27-29H2,1-3H3,(H2,62,72)(H,64,71,74)/t30-,31-,34?,35+,55?,56-/m0/s1. The number of fused-ring (bicyclic) bond motifs is 2. The first-order chi connectivity index (χ1) is 36.8. The van der Waals surface area contributed by atoms with Crippen LogP contribution in [0.15, 0.2) is 54.6 Å². The minimum Gasteiger partial charge on any atom is -0.488 e. The van der Waals surface area contributed by atoms with Crippen molar-refractivity contribution in [1.29, 1.82) is 0 Å². The number of aliphatic hydroxyl groups excluding tert-OH is 1. The van der Waals surface area contributed by atoms with Crippen molar-refractivity contribution in [2.24, 2.45) is 24.6 Å². The number of hydrogen-bond donors (Lipinski definition) is 5. The Balaban J connectivity index is 0.758. The van der Waals surface area contributed by atoms with Gasteiger partial charge in [-0.3, -0.25) is 29.3 Å². The number of imide groups is 1. The molecule has 4 aromatic carbocycles. The molecule has 5 amide bonds. The number of aromatic nitrogens is 2. The van der Waals surface area contributed by atoms with Crippen LogP contribution in [0.3, 0.4) is 0 Å². The number of aliphatic hydroxyl groups is 2. The van der Waals surface area contributed by atoms with Gasteiger partial charge in [0.05, 0.1) is 22.6 Å². The van der Waals surface area contributed by atoms with E-state index in [1.54, 1.807) is 11.9 Å². The highest BCUT2D eigenvalue weighted by molar-refractivity contribution is 6.34. The first-order valence-corrected chi connectivity index (χ1v) is 26.8. The van der Waals surface area contributed by atoms with Crippen molar-refractivity contribution in [2.45, 2.75) is 94.3 Å². The minimum absolute atomic E-state index is 0.0102. The third-order valence-electron chi connectivity index (χ3n) is 16.9. The van der Waals surface area contributed by atoms with E-state index in [-0.39, 0.29) is 113 Å². The molecule has 4 atom stereocenters. The molecule has 1 aromatic heterocycles. The lowest BCUT2D eigenvalue weighted by Crippen LogP contribution is -2.55. The van der Waals surface area contributed by atoms with Crippen molar-refractivity contribution in [2.75, 3.05) is 63.9 Å². The summed E-state index contributed by atoms with van der Waals surface area (Å²) in [7, 11) is 1.55. The van der Waals surface area contributed by atoms with Gasteiger partial charge < -0.3 is 40.5 Å². The van der Waals surface area contributed by atoms with Gasteiger partial charge in [-0.05, 0) is 93.0 Å². The van der Waals surface area contributed by atoms with Crippen molar-refractivity contribution in [3.05, 3.63) is 105 Å². The molecule has 0 bridgehead atoms. The summed E-state index contributed by atoms with van der Waals surface area (Å²) in [5.41, 5.74) is 3.46. The largest absolute Gasteiger partial charge is 0.488 e. The number of nitrogens with zero attached hydrogens (tertiary/aromatic N) is 5. The zero-order chi connectivity index (χ0) is 54.7. The van der Waals surface area contributed by atoms with E-state index < -0.39 is 75.8 Å². The highest BCUT2D eigenvalue weighted by Gasteiger charge is 2.51. The number of anilines is 1. The Morgan fingerprint density at radius 3 is 2.34 bits per heavy atom. The summed E-state index contributed by atoms with van der Waals surface area (Å²) in [6, 6.07) is 13.3. The molecule has 5 aliphatic rings. The number of carbonyl (C=O) groups is 4. The Bertz CT molecular complexity index is 3130. The number of likely N-dealkylation sites (tertiary alicyclic amines) is 2. The molecule has 6 N–H and O–H groups in total. The molecule has 3 saturated heterocycles. The van der Waals surface area contributed by atoms with Gasteiger partial charge >= 0.3 is 6.03 Å². The molecule has 10 rings (SSSR count). The van der Waals surface area contributed by atoms with E-state index in [4.69, 9.17) is 26.8 Å². The van der Waals surface area contributed by atoms with Crippen LogP contribution in [0.2, 0.25) is 5.02 Å². The maximum absolute atomic E-state index is 16.5. The van der Waals surface area contributed by atoms with Gasteiger partial charge in [-0.15, -0.1) is 0 Å². The molecule has 21 heteroatoms. The smallest absolute Gasteiger partial charge is 0.329 e. The number of piperidine rings is 2. The summed E-state index contributed by atoms with van der Waals surface area (Å²) >= 11 is 6.71. The van der Waals surface area contributed by atoms with Crippen LogP contribution in [0.1, 0.15) is 104 Å². The first kappa shape index (κ1) is 54.1. The van der Waals surface area contributed by atoms with Gasteiger partial charge in [-0.1, -0.05) is 55.8 Å². The molecule has 1 aliphatic carbocycles. The van der Waals surface area contributed by atoms with Crippen molar-refractivity contribution in [3.63, 3.8) is 0 Å². The fraction of sp³-hybridized carbons (Fsp3) is 0.482. The van der Waals surface area contributed by atoms with E-state index in [1.807, 2.05) is 44.2 Å². The number of benzene rings is 4. The number of amides is 5. The Kier molecular flexibility index (Phi) is 15.1. The van der Waals surface area contributed by atoms with Crippen LogP contribution < -0.4 is 30.7 Å². The van der Waals surface area contributed by atoms with E-state index >= 15 is 17.6 Å². The lowest BCUT2D eigenvalue weighted by Gasteiger charge is -2.43. The second-order valence-electron chi connectivity index (χ2n) is 21.5. The van der Waals surface area contributed by atoms with Crippen LogP contribution in [0.5, 0.6) is 11.5 Å². The van der Waals surface area contributed by atoms with Crippen LogP contribution in [-0.4, -0.2) is 124 Å². The number of hydrogen-bond acceptors (Lipinski definition) is 11. The molecule has 5 heterocycles. The molecule has 4 aliphatic heterocycles. The minimum atomic E-state index is -1.55. The number of ether oxygens (including phenoxy) is 2. The molecule has 4 fully saturated rings. The highest BCUT2D eigenvalue weighted by atomic mass is 35.5. The van der Waals surface area contributed by atoms with Gasteiger partial charge in [0.2, 0.25) is 11.8 Å². The zero-order valence-corrected chi connectivity index (χ0v) is 43.9. The number of primary amides is 1. The number of rotatable bonds is 14. The Labute approximate surface area is 447 Å². The zero-order valence-electron chi connectivity index (χ0n) is 43.2. The summed E-state index contributed by atoms with van der Waals surface area (Å²) in [6.45, 7) is 6.43. The van der Waals surface area contributed by atoms with E-state index in [2.05, 4.69) is 20.6 Å². The summed E-state index contributed by atoms with van der Waals surface area (Å²) in [4.78, 5) is 56.6. The average molecular weight is 1090 g/mol. The second kappa shape index (κ2) is 21.5. The molecule has 1 saturated carbocycles. The summed E-state index contributed by atoms with van der Waals surface area (Å²) in [5.74, 6) is -5.95. The lowest BCUT2D eigenvalue weighted by molar-refractivity contribution is -0.156. The van der Waals surface area contributed by atoms with Crippen LogP contribution >= 0.6 is 11.6 Å². The molecule has 0 unspecified atom stereocenters. The molecule has 0 spiro atoms. The van der Waals surface area contributed by atoms with Crippen LogP contribution in [-0.2, 0) is 22.2 Å². The lowest BCUT2D eigenvalue weighted by atomic mass is 9.76. The van der Waals surface area contributed by atoms with Crippen LogP contribution in [0, 0.1) is 35.1 Å². The fourth-order valence-corrected chi connectivity index (χ4v) is 13.0. The van der Waals surface area contributed by atoms with Crippen molar-refractivity contribution < 1.29 is 56.4 Å². The first-order valence-electron chi connectivity index (χ1n) is 26.4. The SMILES string of the molecule is C[C@H]1CN(CC2CCN(C(=O)C3(O)CCC(NC[C@]4(c5ccccc5)Oc5cc(F)c(Cl)c(-c6c(C(N)=O)ccc(OCCO)c6F)c5[C@@H]4C)CC3)CC2)CC[C@H]1c1c(F)cc2c(N3CCC(=O)NC3=O)nn(C)c2c1F.